The van der Waals surface area contributed by atoms with E-state index in [1.165, 1.54) is 54.0 Å². The van der Waals surface area contributed by atoms with Crippen LogP contribution in [0.5, 0.6) is 0 Å². The van der Waals surface area contributed by atoms with Crippen LogP contribution in [-0.2, 0) is 11.3 Å². The lowest BCUT2D eigenvalue weighted by Gasteiger charge is -2.40. The Morgan fingerprint density at radius 3 is 2.54 bits per heavy atom. The fraction of sp³-hybridized carbons (Fsp3) is 0.452. The summed E-state index contributed by atoms with van der Waals surface area (Å²) in [6.07, 6.45) is 9.38. The summed E-state index contributed by atoms with van der Waals surface area (Å²) >= 11 is 1.27. The summed E-state index contributed by atoms with van der Waals surface area (Å²) in [4.78, 5) is 14.0. The van der Waals surface area contributed by atoms with Gasteiger partial charge in [-0.05, 0) is 92.6 Å². The van der Waals surface area contributed by atoms with Gasteiger partial charge in [-0.15, -0.1) is 0 Å². The monoisotopic (exact) mass is 541 g/mol. The highest BCUT2D eigenvalue weighted by Gasteiger charge is 2.42. The summed E-state index contributed by atoms with van der Waals surface area (Å²) in [5.74, 6) is 1.20. The molecule has 3 atom stereocenters. The van der Waals surface area contributed by atoms with Gasteiger partial charge in [-0.1, -0.05) is 29.4 Å². The van der Waals surface area contributed by atoms with Crippen molar-refractivity contribution in [2.24, 2.45) is 0 Å². The first-order valence-electron chi connectivity index (χ1n) is 14.2. The molecule has 2 aliphatic carbocycles. The summed E-state index contributed by atoms with van der Waals surface area (Å²) in [5, 5.41) is 14.7. The molecule has 39 heavy (non-hydrogen) atoms. The summed E-state index contributed by atoms with van der Waals surface area (Å²) < 4.78 is 17.7. The molecule has 200 valence electrons. The van der Waals surface area contributed by atoms with Crippen LogP contribution in [0.1, 0.15) is 90.6 Å². The first kappa shape index (κ1) is 23.6. The molecule has 8 rings (SSSR count). The van der Waals surface area contributed by atoms with E-state index in [0.717, 1.165) is 52.8 Å². The van der Waals surface area contributed by atoms with Gasteiger partial charge < -0.3 is 19.3 Å². The third-order valence-electron chi connectivity index (χ3n) is 9.11. The zero-order chi connectivity index (χ0) is 26.1. The molecule has 8 heteroatoms. The Morgan fingerprint density at radius 2 is 1.79 bits per heavy atom. The number of rotatable bonds is 8. The average Bonchev–Trinajstić information content (AvgIpc) is 3.87. The maximum Gasteiger partial charge on any atom is 0.356 e. The second-order valence-corrected chi connectivity index (χ2v) is 12.5. The van der Waals surface area contributed by atoms with Gasteiger partial charge in [0.05, 0.1) is 17.4 Å². The van der Waals surface area contributed by atoms with E-state index in [1.54, 1.807) is 0 Å². The van der Waals surface area contributed by atoms with Crippen LogP contribution >= 0.6 is 11.5 Å². The molecule has 0 spiro atoms. The molecule has 4 aliphatic rings. The second kappa shape index (κ2) is 9.17. The van der Waals surface area contributed by atoms with Crippen LogP contribution in [0.2, 0.25) is 0 Å². The van der Waals surface area contributed by atoms with Crippen molar-refractivity contribution in [3.05, 3.63) is 65.0 Å². The number of hydrogen-bond donors (Lipinski definition) is 1. The SMILES string of the molecule is O=C(O)c1nsc2cc(N3C4CC[C@H]3CC(OCc3c(-c5ccccc5C5CC5)noc3C3CC3)C4)ccc12. The molecule has 2 bridgehead atoms. The minimum absolute atomic E-state index is 0.148. The minimum Gasteiger partial charge on any atom is -0.476 e. The summed E-state index contributed by atoms with van der Waals surface area (Å²) in [6.45, 7) is 0.554. The number of fused-ring (bicyclic) bond motifs is 3. The minimum atomic E-state index is -0.969. The van der Waals surface area contributed by atoms with E-state index >= 15 is 0 Å². The highest BCUT2D eigenvalue weighted by molar-refractivity contribution is 7.13. The predicted octanol–water partition coefficient (Wildman–Crippen LogP) is 7.12. The number of aromatic carboxylic acids is 1. The van der Waals surface area contributed by atoms with E-state index in [1.807, 2.05) is 6.07 Å². The number of hydrogen-bond acceptors (Lipinski definition) is 7. The zero-order valence-corrected chi connectivity index (χ0v) is 22.5. The normalized spacial score (nSPS) is 24.5. The summed E-state index contributed by atoms with van der Waals surface area (Å²) in [5.41, 5.74) is 6.07. The molecule has 2 aliphatic heterocycles. The molecule has 4 heterocycles. The summed E-state index contributed by atoms with van der Waals surface area (Å²) in [6, 6.07) is 15.7. The first-order chi connectivity index (χ1) is 19.1. The number of carboxylic acids is 1. The van der Waals surface area contributed by atoms with Gasteiger partial charge in [0, 0.05) is 40.2 Å². The van der Waals surface area contributed by atoms with Crippen molar-refractivity contribution < 1.29 is 19.2 Å². The third-order valence-corrected chi connectivity index (χ3v) is 9.92. The highest BCUT2D eigenvalue weighted by atomic mass is 32.1. The van der Waals surface area contributed by atoms with E-state index in [2.05, 4.69) is 50.8 Å². The van der Waals surface area contributed by atoms with Crippen molar-refractivity contribution in [1.82, 2.24) is 9.53 Å². The highest BCUT2D eigenvalue weighted by Crippen LogP contribution is 2.48. The Bertz CT molecular complexity index is 1560. The van der Waals surface area contributed by atoms with E-state index in [-0.39, 0.29) is 11.8 Å². The lowest BCUT2D eigenvalue weighted by atomic mass is 9.96. The standard InChI is InChI=1S/C31H31N3O4S/c35-31(36)29-25-12-11-21(15-27(25)39-33-29)34-19-9-10-20(34)14-22(13-19)37-16-26-28(32-38-30(26)18-7-8-18)24-4-2-1-3-23(24)17-5-6-17/h1-4,11-12,15,17-20,22H,5-10,13-14,16H2,(H,35,36)/t19-,20?,22?/m0/s1. The van der Waals surface area contributed by atoms with Gasteiger partial charge in [-0.2, -0.15) is 4.37 Å². The van der Waals surface area contributed by atoms with E-state index < -0.39 is 5.97 Å². The largest absolute Gasteiger partial charge is 0.476 e. The van der Waals surface area contributed by atoms with Crippen molar-refractivity contribution in [3.63, 3.8) is 0 Å². The number of piperidine rings is 1. The Labute approximate surface area is 230 Å². The smallest absolute Gasteiger partial charge is 0.356 e. The van der Waals surface area contributed by atoms with E-state index in [9.17, 15) is 9.90 Å². The fourth-order valence-electron chi connectivity index (χ4n) is 6.93. The van der Waals surface area contributed by atoms with Crippen molar-refractivity contribution in [1.29, 1.82) is 0 Å². The molecule has 1 N–H and O–H groups in total. The predicted molar refractivity (Wildman–Crippen MR) is 150 cm³/mol. The molecule has 2 saturated carbocycles. The molecule has 2 unspecified atom stereocenters. The van der Waals surface area contributed by atoms with Crippen LogP contribution in [0.3, 0.4) is 0 Å². The van der Waals surface area contributed by atoms with Crippen LogP contribution in [0, 0.1) is 0 Å². The number of carboxylic acid groups (broad SMARTS) is 1. The third kappa shape index (κ3) is 4.16. The Hall–Kier alpha value is -3.23. The number of carbonyl (C=O) groups is 1. The maximum atomic E-state index is 11.5. The van der Waals surface area contributed by atoms with Gasteiger partial charge in [0.1, 0.15) is 11.5 Å². The van der Waals surface area contributed by atoms with Gasteiger partial charge in [0.2, 0.25) is 0 Å². The fourth-order valence-corrected chi connectivity index (χ4v) is 7.73. The molecule has 2 saturated heterocycles. The zero-order valence-electron chi connectivity index (χ0n) is 21.7. The molecular formula is C31H31N3O4S. The Kier molecular flexibility index (Phi) is 5.56. The van der Waals surface area contributed by atoms with E-state index in [0.29, 0.717) is 30.5 Å². The van der Waals surface area contributed by atoms with Gasteiger partial charge in [0.15, 0.2) is 5.69 Å². The number of aromatic nitrogens is 2. The van der Waals surface area contributed by atoms with Crippen LogP contribution in [-0.4, -0.2) is 38.8 Å². The molecule has 2 aromatic carbocycles. The number of anilines is 1. The van der Waals surface area contributed by atoms with E-state index in [4.69, 9.17) is 9.26 Å². The molecule has 0 amide bonds. The molecule has 4 aromatic rings. The van der Waals surface area contributed by atoms with Gasteiger partial charge >= 0.3 is 5.97 Å². The Balaban J connectivity index is 1.01. The lowest BCUT2D eigenvalue weighted by Crippen LogP contribution is -2.45. The first-order valence-corrected chi connectivity index (χ1v) is 15.0. The number of benzene rings is 2. The molecule has 7 nitrogen and oxygen atoms in total. The maximum absolute atomic E-state index is 11.5. The van der Waals surface area contributed by atoms with Crippen LogP contribution in [0.15, 0.2) is 47.0 Å². The van der Waals surface area contributed by atoms with Crippen LogP contribution in [0.25, 0.3) is 21.3 Å². The number of ether oxygens (including phenoxy) is 1. The van der Waals surface area contributed by atoms with Crippen molar-refractivity contribution in [3.8, 4) is 11.3 Å². The van der Waals surface area contributed by atoms with Gasteiger partial charge in [0.25, 0.3) is 0 Å². The van der Waals surface area contributed by atoms with Crippen molar-refractivity contribution >= 4 is 33.3 Å². The topological polar surface area (TPSA) is 88.7 Å². The molecule has 4 fully saturated rings. The number of nitrogens with zero attached hydrogens (tertiary/aromatic N) is 3. The lowest BCUT2D eigenvalue weighted by molar-refractivity contribution is 0.0147. The van der Waals surface area contributed by atoms with Gasteiger partial charge in [-0.25, -0.2) is 4.79 Å². The van der Waals surface area contributed by atoms with Crippen molar-refractivity contribution in [2.75, 3.05) is 4.90 Å². The van der Waals surface area contributed by atoms with Gasteiger partial charge in [-0.3, -0.25) is 0 Å². The molecular weight excluding hydrogens is 510 g/mol. The summed E-state index contributed by atoms with van der Waals surface area (Å²) in [7, 11) is 0. The average molecular weight is 542 g/mol. The van der Waals surface area contributed by atoms with Crippen LogP contribution < -0.4 is 4.90 Å². The van der Waals surface area contributed by atoms with Crippen LogP contribution in [0.4, 0.5) is 5.69 Å². The Morgan fingerprint density at radius 1 is 1.03 bits per heavy atom. The quantitative estimate of drug-likeness (QED) is 0.254. The molecule has 2 aromatic heterocycles. The molecule has 0 radical (unpaired) electrons. The second-order valence-electron chi connectivity index (χ2n) is 11.7. The van der Waals surface area contributed by atoms with Crippen molar-refractivity contribution in [2.45, 2.75) is 88.0 Å².